The molecule has 1 N–H and O–H groups in total. The van der Waals surface area contributed by atoms with Gasteiger partial charge < -0.3 is 19.5 Å². The summed E-state index contributed by atoms with van der Waals surface area (Å²) in [6.07, 6.45) is 0.415. The van der Waals surface area contributed by atoms with E-state index in [1.165, 1.54) is 5.69 Å². The van der Waals surface area contributed by atoms with E-state index >= 15 is 0 Å². The second kappa shape index (κ2) is 8.07. The van der Waals surface area contributed by atoms with E-state index in [9.17, 15) is 4.79 Å². The van der Waals surface area contributed by atoms with E-state index in [4.69, 9.17) is 4.74 Å². The largest absolute Gasteiger partial charge is 0.378 e. The number of nitrogens with one attached hydrogen (secondary N) is 1. The highest BCUT2D eigenvalue weighted by molar-refractivity contribution is 5.90. The number of amides is 1. The SMILES string of the molecule is Cc1[nH]c2ccccc2c1CC(=O)N(C)Cc1ccc(N2CCOCC2)cc1. The normalized spacial score (nSPS) is 14.4. The Hall–Kier alpha value is -2.79. The Morgan fingerprint density at radius 1 is 1.11 bits per heavy atom. The molecule has 1 aromatic heterocycles. The highest BCUT2D eigenvalue weighted by Gasteiger charge is 2.16. The molecule has 5 heteroatoms. The quantitative estimate of drug-likeness (QED) is 0.740. The van der Waals surface area contributed by atoms with Gasteiger partial charge in [-0.3, -0.25) is 4.79 Å². The number of likely N-dealkylation sites (N-methyl/N-ethyl adjacent to an activating group) is 1. The fourth-order valence-corrected chi connectivity index (χ4v) is 3.84. The summed E-state index contributed by atoms with van der Waals surface area (Å²) < 4.78 is 5.41. The van der Waals surface area contributed by atoms with E-state index in [-0.39, 0.29) is 5.91 Å². The fourth-order valence-electron chi connectivity index (χ4n) is 3.84. The van der Waals surface area contributed by atoms with Crippen molar-refractivity contribution in [1.82, 2.24) is 9.88 Å². The average molecular weight is 377 g/mol. The Morgan fingerprint density at radius 2 is 1.82 bits per heavy atom. The van der Waals surface area contributed by atoms with Crippen LogP contribution in [0.25, 0.3) is 10.9 Å². The lowest BCUT2D eigenvalue weighted by molar-refractivity contribution is -0.129. The van der Waals surface area contributed by atoms with Crippen LogP contribution >= 0.6 is 0 Å². The van der Waals surface area contributed by atoms with Crippen LogP contribution in [-0.4, -0.2) is 49.1 Å². The maximum Gasteiger partial charge on any atom is 0.227 e. The van der Waals surface area contributed by atoms with Gasteiger partial charge in [-0.2, -0.15) is 0 Å². The van der Waals surface area contributed by atoms with Crippen molar-refractivity contribution in [2.24, 2.45) is 0 Å². The number of fused-ring (bicyclic) bond motifs is 1. The minimum absolute atomic E-state index is 0.130. The molecule has 2 heterocycles. The van der Waals surface area contributed by atoms with Gasteiger partial charge in [0.15, 0.2) is 0 Å². The number of aromatic amines is 1. The van der Waals surface area contributed by atoms with Crippen molar-refractivity contribution in [1.29, 1.82) is 0 Å². The fraction of sp³-hybridized carbons (Fsp3) is 0.348. The molecular formula is C23H27N3O2. The number of nitrogens with zero attached hydrogens (tertiary/aromatic N) is 2. The molecule has 146 valence electrons. The summed E-state index contributed by atoms with van der Waals surface area (Å²) >= 11 is 0. The third kappa shape index (κ3) is 3.90. The molecule has 1 amide bonds. The van der Waals surface area contributed by atoms with Crippen LogP contribution in [0.5, 0.6) is 0 Å². The third-order valence-corrected chi connectivity index (χ3v) is 5.51. The van der Waals surface area contributed by atoms with Gasteiger partial charge in [-0.1, -0.05) is 30.3 Å². The Morgan fingerprint density at radius 3 is 2.57 bits per heavy atom. The Balaban J connectivity index is 1.40. The lowest BCUT2D eigenvalue weighted by atomic mass is 10.1. The standard InChI is InChI=1S/C23H27N3O2/c1-17-21(20-5-3-4-6-22(20)24-17)15-23(27)25(2)16-18-7-9-19(10-8-18)26-11-13-28-14-12-26/h3-10,24H,11-16H2,1-2H3. The number of aromatic nitrogens is 1. The minimum Gasteiger partial charge on any atom is -0.378 e. The van der Waals surface area contributed by atoms with E-state index < -0.39 is 0 Å². The molecule has 0 unspecified atom stereocenters. The molecule has 1 saturated heterocycles. The predicted molar refractivity (Wildman–Crippen MR) is 113 cm³/mol. The molecule has 0 radical (unpaired) electrons. The molecule has 4 rings (SSSR count). The van der Waals surface area contributed by atoms with Crippen molar-refractivity contribution in [3.8, 4) is 0 Å². The highest BCUT2D eigenvalue weighted by Crippen LogP contribution is 2.23. The summed E-state index contributed by atoms with van der Waals surface area (Å²) in [7, 11) is 1.88. The topological polar surface area (TPSA) is 48.6 Å². The molecule has 28 heavy (non-hydrogen) atoms. The Labute approximate surface area is 165 Å². The number of hydrogen-bond acceptors (Lipinski definition) is 3. The lowest BCUT2D eigenvalue weighted by Gasteiger charge is -2.29. The van der Waals surface area contributed by atoms with Gasteiger partial charge in [0, 0.05) is 49.0 Å². The molecule has 0 aliphatic carbocycles. The number of morpholine rings is 1. The van der Waals surface area contributed by atoms with Gasteiger partial charge in [0.25, 0.3) is 0 Å². The van der Waals surface area contributed by atoms with Crippen LogP contribution < -0.4 is 4.90 Å². The number of carbonyl (C=O) groups excluding carboxylic acids is 1. The zero-order valence-electron chi connectivity index (χ0n) is 16.6. The van der Waals surface area contributed by atoms with Crippen molar-refractivity contribution in [2.75, 3.05) is 38.3 Å². The van der Waals surface area contributed by atoms with Gasteiger partial charge in [0.2, 0.25) is 5.91 Å². The maximum atomic E-state index is 12.8. The van der Waals surface area contributed by atoms with Crippen molar-refractivity contribution in [3.05, 3.63) is 65.4 Å². The second-order valence-electron chi connectivity index (χ2n) is 7.47. The average Bonchev–Trinajstić information content (AvgIpc) is 3.04. The first-order valence-corrected chi connectivity index (χ1v) is 9.83. The van der Waals surface area contributed by atoms with E-state index in [2.05, 4.69) is 46.3 Å². The molecule has 0 atom stereocenters. The summed E-state index contributed by atoms with van der Waals surface area (Å²) in [5, 5.41) is 1.14. The van der Waals surface area contributed by atoms with E-state index in [1.807, 2.05) is 31.0 Å². The monoisotopic (exact) mass is 377 g/mol. The van der Waals surface area contributed by atoms with Crippen LogP contribution in [0.3, 0.4) is 0 Å². The van der Waals surface area contributed by atoms with Crippen LogP contribution in [0.1, 0.15) is 16.8 Å². The van der Waals surface area contributed by atoms with E-state index in [0.717, 1.165) is 54.0 Å². The first kappa shape index (κ1) is 18.6. The predicted octanol–water partition coefficient (Wildman–Crippen LogP) is 3.51. The van der Waals surface area contributed by atoms with Crippen LogP contribution in [0.4, 0.5) is 5.69 Å². The van der Waals surface area contributed by atoms with Gasteiger partial charge in [-0.05, 0) is 36.2 Å². The van der Waals surface area contributed by atoms with Crippen LogP contribution in [0, 0.1) is 6.92 Å². The summed E-state index contributed by atoms with van der Waals surface area (Å²) in [5.41, 5.74) is 5.61. The van der Waals surface area contributed by atoms with Crippen molar-refractivity contribution >= 4 is 22.5 Å². The number of para-hydroxylation sites is 1. The second-order valence-corrected chi connectivity index (χ2v) is 7.47. The van der Waals surface area contributed by atoms with Gasteiger partial charge in [0.1, 0.15) is 0 Å². The molecular weight excluding hydrogens is 350 g/mol. The Bertz CT molecular complexity index is 956. The van der Waals surface area contributed by atoms with Crippen LogP contribution in [-0.2, 0) is 22.5 Å². The van der Waals surface area contributed by atoms with Crippen molar-refractivity contribution in [3.63, 3.8) is 0 Å². The number of anilines is 1. The molecule has 2 aromatic carbocycles. The lowest BCUT2D eigenvalue weighted by Crippen LogP contribution is -2.36. The van der Waals surface area contributed by atoms with E-state index in [0.29, 0.717) is 13.0 Å². The summed E-state index contributed by atoms with van der Waals surface area (Å²) in [4.78, 5) is 20.3. The maximum absolute atomic E-state index is 12.8. The van der Waals surface area contributed by atoms with E-state index in [1.54, 1.807) is 0 Å². The first-order valence-electron chi connectivity index (χ1n) is 9.83. The van der Waals surface area contributed by atoms with Gasteiger partial charge in [-0.15, -0.1) is 0 Å². The number of rotatable bonds is 5. The third-order valence-electron chi connectivity index (χ3n) is 5.51. The molecule has 0 spiro atoms. The number of benzene rings is 2. The molecule has 1 fully saturated rings. The van der Waals surface area contributed by atoms with Crippen LogP contribution in [0.2, 0.25) is 0 Å². The molecule has 5 nitrogen and oxygen atoms in total. The zero-order valence-corrected chi connectivity index (χ0v) is 16.6. The molecule has 3 aromatic rings. The highest BCUT2D eigenvalue weighted by atomic mass is 16.5. The van der Waals surface area contributed by atoms with Crippen LogP contribution in [0.15, 0.2) is 48.5 Å². The molecule has 1 aliphatic heterocycles. The van der Waals surface area contributed by atoms with Crippen molar-refractivity contribution < 1.29 is 9.53 Å². The number of aryl methyl sites for hydroxylation is 1. The zero-order chi connectivity index (χ0) is 19.5. The number of carbonyl (C=O) groups is 1. The molecule has 0 bridgehead atoms. The first-order chi connectivity index (χ1) is 13.6. The number of ether oxygens (including phenoxy) is 1. The summed E-state index contributed by atoms with van der Waals surface area (Å²) in [6.45, 7) is 6.08. The smallest absolute Gasteiger partial charge is 0.227 e. The van der Waals surface area contributed by atoms with Gasteiger partial charge in [0.05, 0.1) is 19.6 Å². The minimum atomic E-state index is 0.130. The Kier molecular flexibility index (Phi) is 5.35. The van der Waals surface area contributed by atoms with Gasteiger partial charge in [-0.25, -0.2) is 0 Å². The molecule has 0 saturated carbocycles. The summed E-state index contributed by atoms with van der Waals surface area (Å²) in [6, 6.07) is 16.7. The number of H-pyrrole nitrogens is 1. The van der Waals surface area contributed by atoms with Gasteiger partial charge >= 0.3 is 0 Å². The van der Waals surface area contributed by atoms with Crippen molar-refractivity contribution in [2.45, 2.75) is 19.9 Å². The number of hydrogen-bond donors (Lipinski definition) is 1. The summed E-state index contributed by atoms with van der Waals surface area (Å²) in [5.74, 6) is 0.130. The molecule has 1 aliphatic rings.